The van der Waals surface area contributed by atoms with Crippen LogP contribution in [0.3, 0.4) is 0 Å². The van der Waals surface area contributed by atoms with Gasteiger partial charge >= 0.3 is 11.9 Å². The summed E-state index contributed by atoms with van der Waals surface area (Å²) < 4.78 is 15.9. The first kappa shape index (κ1) is 19.9. The monoisotopic (exact) mass is 362 g/mol. The van der Waals surface area contributed by atoms with Crippen LogP contribution in [-0.4, -0.2) is 29.6 Å². The van der Waals surface area contributed by atoms with Gasteiger partial charge in [-0.2, -0.15) is 0 Å². The molecule has 0 saturated heterocycles. The number of carbonyl (C=O) groups excluding carboxylic acids is 3. The van der Waals surface area contributed by atoms with E-state index in [0.717, 1.165) is 30.1 Å². The minimum absolute atomic E-state index is 0.0673. The molecule has 0 fully saturated rings. The molecule has 142 valence electrons. The number of cyclic esters (lactones) is 1. The van der Waals surface area contributed by atoms with E-state index in [2.05, 4.69) is 6.58 Å². The summed E-state index contributed by atoms with van der Waals surface area (Å²) in [6.07, 6.45) is 3.96. The Morgan fingerprint density at radius 3 is 2.65 bits per heavy atom. The van der Waals surface area contributed by atoms with E-state index in [-0.39, 0.29) is 36.4 Å². The van der Waals surface area contributed by atoms with Gasteiger partial charge < -0.3 is 14.2 Å². The first-order valence-electron chi connectivity index (χ1n) is 8.72. The Morgan fingerprint density at radius 2 is 2.04 bits per heavy atom. The number of hydrogen-bond donors (Lipinski definition) is 0. The van der Waals surface area contributed by atoms with Gasteiger partial charge in [-0.05, 0) is 32.8 Å². The molecule has 2 aliphatic rings. The normalized spacial score (nSPS) is 24.5. The van der Waals surface area contributed by atoms with Crippen molar-refractivity contribution in [1.29, 1.82) is 0 Å². The molecule has 0 aromatic rings. The maximum absolute atomic E-state index is 12.2. The Hall–Kier alpha value is -2.37. The van der Waals surface area contributed by atoms with Crippen LogP contribution in [0.1, 0.15) is 53.4 Å². The van der Waals surface area contributed by atoms with Crippen LogP contribution < -0.4 is 0 Å². The number of ketones is 1. The van der Waals surface area contributed by atoms with Gasteiger partial charge in [0.05, 0.1) is 12.5 Å². The number of ether oxygens (including phenoxy) is 3. The highest BCUT2D eigenvalue weighted by atomic mass is 16.7. The molecule has 0 radical (unpaired) electrons. The van der Waals surface area contributed by atoms with Gasteiger partial charge in [0.1, 0.15) is 18.3 Å². The number of rotatable bonds is 6. The second kappa shape index (κ2) is 7.89. The highest BCUT2D eigenvalue weighted by Crippen LogP contribution is 2.31. The maximum atomic E-state index is 12.2. The lowest BCUT2D eigenvalue weighted by atomic mass is 9.83. The lowest BCUT2D eigenvalue weighted by Gasteiger charge is -2.30. The Balaban J connectivity index is 1.93. The average Bonchev–Trinajstić information content (AvgIpc) is 2.43. The van der Waals surface area contributed by atoms with Crippen LogP contribution in [-0.2, 0) is 28.6 Å². The highest BCUT2D eigenvalue weighted by Gasteiger charge is 2.32. The summed E-state index contributed by atoms with van der Waals surface area (Å²) in [4.78, 5) is 35.8. The Bertz CT molecular complexity index is 682. The SMILES string of the molecule is C=C(C)[C@@H]1CCC(C)=C[C@H]1OC(=O)CC(=O)CC1=CC(=O)OC(C)(C)O1. The quantitative estimate of drug-likeness (QED) is 0.409. The van der Waals surface area contributed by atoms with Gasteiger partial charge in [-0.1, -0.05) is 17.7 Å². The summed E-state index contributed by atoms with van der Waals surface area (Å²) in [6, 6.07) is 0. The molecule has 0 N–H and O–H groups in total. The van der Waals surface area contributed by atoms with Crippen molar-refractivity contribution in [2.75, 3.05) is 0 Å². The number of Topliss-reactive ketones (excluding diaryl/α,β-unsaturated/α-hetero) is 1. The zero-order valence-corrected chi connectivity index (χ0v) is 15.8. The summed E-state index contributed by atoms with van der Waals surface area (Å²) in [5, 5.41) is 0. The van der Waals surface area contributed by atoms with Crippen molar-refractivity contribution in [1.82, 2.24) is 0 Å². The zero-order chi connectivity index (χ0) is 19.5. The molecule has 0 amide bonds. The van der Waals surface area contributed by atoms with Gasteiger partial charge in [0.25, 0.3) is 0 Å². The fourth-order valence-electron chi connectivity index (χ4n) is 3.14. The van der Waals surface area contributed by atoms with E-state index in [0.29, 0.717) is 0 Å². The van der Waals surface area contributed by atoms with E-state index in [9.17, 15) is 14.4 Å². The molecule has 2 atom stereocenters. The molecule has 6 nitrogen and oxygen atoms in total. The molecule has 2 rings (SSSR count). The molecule has 0 bridgehead atoms. The molecule has 0 unspecified atom stereocenters. The highest BCUT2D eigenvalue weighted by molar-refractivity contribution is 5.97. The van der Waals surface area contributed by atoms with Crippen molar-refractivity contribution in [3.8, 4) is 0 Å². The lowest BCUT2D eigenvalue weighted by molar-refractivity contribution is -0.205. The molecule has 0 saturated carbocycles. The predicted molar refractivity (Wildman–Crippen MR) is 94.8 cm³/mol. The number of allylic oxidation sites excluding steroid dienone is 2. The van der Waals surface area contributed by atoms with Gasteiger partial charge in [-0.15, -0.1) is 0 Å². The molecule has 6 heteroatoms. The number of esters is 2. The van der Waals surface area contributed by atoms with Crippen molar-refractivity contribution < 1.29 is 28.6 Å². The minimum atomic E-state index is -1.12. The van der Waals surface area contributed by atoms with Crippen LogP contribution in [0.2, 0.25) is 0 Å². The molecular weight excluding hydrogens is 336 g/mol. The van der Waals surface area contributed by atoms with Crippen molar-refractivity contribution in [3.05, 3.63) is 35.6 Å². The van der Waals surface area contributed by atoms with E-state index in [4.69, 9.17) is 14.2 Å². The molecule has 1 aliphatic carbocycles. The van der Waals surface area contributed by atoms with Gasteiger partial charge in [0.15, 0.2) is 5.78 Å². The van der Waals surface area contributed by atoms with Crippen LogP contribution in [0.25, 0.3) is 0 Å². The maximum Gasteiger partial charge on any atom is 0.337 e. The van der Waals surface area contributed by atoms with Crippen LogP contribution in [0.15, 0.2) is 35.6 Å². The predicted octanol–water partition coefficient (Wildman–Crippen LogP) is 3.37. The summed E-state index contributed by atoms with van der Waals surface area (Å²) in [5.74, 6) is -2.40. The fraction of sp³-hybridized carbons (Fsp3) is 0.550. The summed E-state index contributed by atoms with van der Waals surface area (Å²) >= 11 is 0. The molecule has 26 heavy (non-hydrogen) atoms. The third-order valence-corrected chi connectivity index (χ3v) is 4.31. The van der Waals surface area contributed by atoms with E-state index in [1.165, 1.54) is 0 Å². The Labute approximate surface area is 153 Å². The van der Waals surface area contributed by atoms with Gasteiger partial charge in [0.2, 0.25) is 5.79 Å². The van der Waals surface area contributed by atoms with Crippen molar-refractivity contribution in [2.24, 2.45) is 5.92 Å². The summed E-state index contributed by atoms with van der Waals surface area (Å²) in [6.45, 7) is 11.0. The molecule has 0 spiro atoms. The van der Waals surface area contributed by atoms with Crippen LogP contribution in [0.4, 0.5) is 0 Å². The van der Waals surface area contributed by atoms with Gasteiger partial charge in [0, 0.05) is 19.8 Å². The summed E-state index contributed by atoms with van der Waals surface area (Å²) in [5.41, 5.74) is 2.12. The van der Waals surface area contributed by atoms with Crippen LogP contribution >= 0.6 is 0 Å². The zero-order valence-electron chi connectivity index (χ0n) is 15.8. The minimum Gasteiger partial charge on any atom is -0.457 e. The standard InChI is InChI=1S/C20H26O6/c1-12(2)16-7-6-13(3)8-17(16)24-18(22)10-14(21)9-15-11-19(23)26-20(4,5)25-15/h8,11,16-17H,1,6-7,9-10H2,2-5H3/t16-,17+/m0/s1. The Kier molecular flexibility index (Phi) is 6.05. The molecule has 0 aromatic heterocycles. The summed E-state index contributed by atoms with van der Waals surface area (Å²) in [7, 11) is 0. The number of hydrogen-bond acceptors (Lipinski definition) is 6. The lowest BCUT2D eigenvalue weighted by Crippen LogP contribution is -2.35. The van der Waals surface area contributed by atoms with Crippen LogP contribution in [0, 0.1) is 5.92 Å². The second-order valence-electron chi connectivity index (χ2n) is 7.38. The smallest absolute Gasteiger partial charge is 0.337 e. The molecule has 1 aliphatic heterocycles. The molecule has 1 heterocycles. The number of carbonyl (C=O) groups is 3. The topological polar surface area (TPSA) is 78.9 Å². The largest absolute Gasteiger partial charge is 0.457 e. The van der Waals surface area contributed by atoms with Gasteiger partial charge in [-0.25, -0.2) is 4.79 Å². The fourth-order valence-corrected chi connectivity index (χ4v) is 3.14. The third kappa shape index (κ3) is 5.58. The van der Waals surface area contributed by atoms with Crippen molar-refractivity contribution in [2.45, 2.75) is 65.3 Å². The van der Waals surface area contributed by atoms with Gasteiger partial charge in [-0.3, -0.25) is 9.59 Å². The van der Waals surface area contributed by atoms with Crippen molar-refractivity contribution in [3.63, 3.8) is 0 Å². The second-order valence-corrected chi connectivity index (χ2v) is 7.38. The van der Waals surface area contributed by atoms with E-state index in [1.54, 1.807) is 13.8 Å². The third-order valence-electron chi connectivity index (χ3n) is 4.31. The van der Waals surface area contributed by atoms with Crippen LogP contribution in [0.5, 0.6) is 0 Å². The van der Waals surface area contributed by atoms with Crippen molar-refractivity contribution >= 4 is 17.7 Å². The van der Waals surface area contributed by atoms with E-state index < -0.39 is 17.7 Å². The van der Waals surface area contributed by atoms with E-state index in [1.807, 2.05) is 19.9 Å². The first-order valence-corrected chi connectivity index (χ1v) is 8.72. The molecular formula is C20H26O6. The average molecular weight is 362 g/mol. The van der Waals surface area contributed by atoms with E-state index >= 15 is 0 Å². The first-order chi connectivity index (χ1) is 12.1. The molecule has 0 aromatic carbocycles. The Morgan fingerprint density at radius 1 is 1.35 bits per heavy atom.